The van der Waals surface area contributed by atoms with Crippen molar-refractivity contribution >= 4 is 37.7 Å². The second-order valence-corrected chi connectivity index (χ2v) is 21.1. The van der Waals surface area contributed by atoms with E-state index in [0.29, 0.717) is 0 Å². The molecular formula is C76H53BrN3O2-. The summed E-state index contributed by atoms with van der Waals surface area (Å²) >= 11 is 3.61. The summed E-state index contributed by atoms with van der Waals surface area (Å²) < 4.78 is 16.3. The summed E-state index contributed by atoms with van der Waals surface area (Å²) in [5.41, 5.74) is 22.2. The predicted octanol–water partition coefficient (Wildman–Crippen LogP) is 22.5. The first kappa shape index (κ1) is 51.2. The number of para-hydroxylation sites is 6. The minimum absolute atomic E-state index is 0. The molecule has 2 aliphatic rings. The highest BCUT2D eigenvalue weighted by Gasteiger charge is 2.29. The maximum Gasteiger partial charge on any atom is 0.136 e. The molecule has 0 spiro atoms. The Bertz CT molecular complexity index is 4470. The van der Waals surface area contributed by atoms with Crippen LogP contribution in [-0.2, 0) is 0 Å². The maximum absolute atomic E-state index is 6.56. The van der Waals surface area contributed by atoms with Gasteiger partial charge in [0.25, 0.3) is 0 Å². The zero-order valence-corrected chi connectivity index (χ0v) is 46.2. The number of ether oxygens (including phenoxy) is 2. The predicted molar refractivity (Wildman–Crippen MR) is 345 cm³/mol. The molecular weight excluding hydrogens is 1070 g/mol. The number of rotatable bonds is 5. The summed E-state index contributed by atoms with van der Waals surface area (Å²) in [4.78, 5) is 3.57. The number of hydrogen-bond acceptors (Lipinski definition) is 2. The smallest absolute Gasteiger partial charge is 0.136 e. The summed E-state index contributed by atoms with van der Waals surface area (Å²) in [6.07, 6.45) is 0. The van der Waals surface area contributed by atoms with Crippen LogP contribution in [0.25, 0.3) is 123 Å². The van der Waals surface area contributed by atoms with Crippen LogP contribution >= 0.6 is 15.9 Å². The second-order valence-electron chi connectivity index (χ2n) is 20.1. The number of nitrogens with zero attached hydrogens (tertiary/aromatic N) is 1. The Morgan fingerprint density at radius 2 is 0.671 bits per heavy atom. The quantitative estimate of drug-likeness (QED) is 0.186. The van der Waals surface area contributed by atoms with E-state index < -0.39 is 0 Å². The van der Waals surface area contributed by atoms with E-state index in [-0.39, 0.29) is 6.15 Å². The number of nitrogens with two attached hydrogens (primary N) is 1. The Morgan fingerprint density at radius 1 is 0.305 bits per heavy atom. The van der Waals surface area contributed by atoms with Gasteiger partial charge in [-0.05, 0) is 129 Å². The van der Waals surface area contributed by atoms with Gasteiger partial charge in [0.2, 0.25) is 0 Å². The van der Waals surface area contributed by atoms with Crippen molar-refractivity contribution < 1.29 is 9.47 Å². The highest BCUT2D eigenvalue weighted by atomic mass is 79.9. The van der Waals surface area contributed by atoms with Gasteiger partial charge < -0.3 is 25.2 Å². The van der Waals surface area contributed by atoms with E-state index in [1.807, 2.05) is 54.6 Å². The first-order valence-corrected chi connectivity index (χ1v) is 28.0. The van der Waals surface area contributed by atoms with E-state index in [1.165, 1.54) is 71.9 Å². The van der Waals surface area contributed by atoms with Crippen LogP contribution in [0.15, 0.2) is 308 Å². The Kier molecular flexibility index (Phi) is 14.0. The summed E-state index contributed by atoms with van der Waals surface area (Å²) in [6, 6.07) is 106. The Labute approximate surface area is 485 Å². The molecule has 0 unspecified atom stereocenters. The highest BCUT2D eigenvalue weighted by Crippen LogP contribution is 2.53. The van der Waals surface area contributed by atoms with E-state index >= 15 is 0 Å². The lowest BCUT2D eigenvalue weighted by Gasteiger charge is -2.17. The van der Waals surface area contributed by atoms with E-state index in [1.54, 1.807) is 0 Å². The lowest BCUT2D eigenvalue weighted by atomic mass is 9.97. The van der Waals surface area contributed by atoms with Crippen molar-refractivity contribution in [2.75, 3.05) is 0 Å². The number of aromatic nitrogens is 2. The molecule has 0 amide bonds. The van der Waals surface area contributed by atoms with Crippen molar-refractivity contribution in [3.8, 4) is 118 Å². The largest absolute Gasteiger partial charge is 0.693 e. The number of halogens is 1. The van der Waals surface area contributed by atoms with Crippen molar-refractivity contribution in [2.24, 2.45) is 0 Å². The number of hydrogen-bond donors (Lipinski definition) is 1. The van der Waals surface area contributed by atoms with Gasteiger partial charge in [0.1, 0.15) is 23.0 Å². The van der Waals surface area contributed by atoms with Crippen LogP contribution in [0.3, 0.4) is 0 Å². The standard InChI is InChI=1S/C38H25NO.C20H13NO.C18H13Br.H2N/c1-3-13-26(14-4-1)28-23-29(27-15-5-2-6-16-27)25-30(24-28)39-34-20-10-7-17-31(34)37-32-18-8-11-21-35(32)40-36-22-12-9-19-33(36)38(37)39;1-4-10-16-13(7-1)19-14-8-2-5-11-17(14)22-18-12-6-3-9-15(18)20(19)21-16;19-18-12-16(14-7-3-1-4-8-14)11-17(13-18)15-9-5-2-6-10-15;/h1-25H;1-12,21H;1-13H;1H2/q;;;-1. The van der Waals surface area contributed by atoms with Gasteiger partial charge in [-0.3, -0.25) is 0 Å². The number of fused-ring (bicyclic) bond motifs is 14. The van der Waals surface area contributed by atoms with Crippen molar-refractivity contribution in [2.45, 2.75) is 0 Å². The molecule has 0 aliphatic carbocycles. The Balaban J connectivity index is 0.000000127. The molecule has 392 valence electrons. The molecule has 2 aliphatic heterocycles. The average Bonchev–Trinajstić information content (AvgIpc) is 2.46. The first-order valence-electron chi connectivity index (χ1n) is 27.2. The molecule has 4 heterocycles. The van der Waals surface area contributed by atoms with Crippen LogP contribution in [0.2, 0.25) is 0 Å². The molecule has 0 radical (unpaired) electrons. The highest BCUT2D eigenvalue weighted by molar-refractivity contribution is 9.10. The fourth-order valence-electron chi connectivity index (χ4n) is 11.5. The van der Waals surface area contributed by atoms with Crippen molar-refractivity contribution in [3.63, 3.8) is 0 Å². The van der Waals surface area contributed by atoms with Gasteiger partial charge in [-0.15, -0.1) is 0 Å². The Morgan fingerprint density at radius 3 is 1.18 bits per heavy atom. The minimum atomic E-state index is 0. The second kappa shape index (κ2) is 22.5. The molecule has 14 aromatic rings. The molecule has 5 nitrogen and oxygen atoms in total. The van der Waals surface area contributed by atoms with Crippen LogP contribution in [0.5, 0.6) is 23.0 Å². The van der Waals surface area contributed by atoms with Crippen LogP contribution in [0, 0.1) is 0 Å². The van der Waals surface area contributed by atoms with Gasteiger partial charge in [0, 0.05) is 59.8 Å². The number of aromatic amines is 1. The molecule has 0 saturated heterocycles. The summed E-state index contributed by atoms with van der Waals surface area (Å²) in [6.45, 7) is 0. The molecule has 2 aromatic heterocycles. The zero-order valence-electron chi connectivity index (χ0n) is 44.6. The third kappa shape index (κ3) is 9.77. The fourth-order valence-corrected chi connectivity index (χ4v) is 11.9. The molecule has 6 heteroatoms. The van der Waals surface area contributed by atoms with Gasteiger partial charge in [0.15, 0.2) is 0 Å². The fraction of sp³-hybridized carbons (Fsp3) is 0. The molecule has 16 rings (SSSR count). The molecule has 0 saturated carbocycles. The van der Waals surface area contributed by atoms with Crippen LogP contribution < -0.4 is 9.47 Å². The molecule has 0 fully saturated rings. The van der Waals surface area contributed by atoms with Crippen molar-refractivity contribution in [1.82, 2.24) is 9.55 Å². The average molecular weight is 1120 g/mol. The van der Waals surface area contributed by atoms with Gasteiger partial charge in [-0.1, -0.05) is 234 Å². The summed E-state index contributed by atoms with van der Waals surface area (Å²) in [5, 5.41) is 2.43. The number of benzene rings is 12. The summed E-state index contributed by atoms with van der Waals surface area (Å²) in [7, 11) is 0. The first-order chi connectivity index (χ1) is 40.1. The zero-order chi connectivity index (χ0) is 54.1. The third-order valence-electron chi connectivity index (χ3n) is 15.1. The maximum atomic E-state index is 6.56. The Hall–Kier alpha value is -10.2. The molecule has 3 N–H and O–H groups in total. The van der Waals surface area contributed by atoms with Crippen LogP contribution in [-0.4, -0.2) is 9.55 Å². The van der Waals surface area contributed by atoms with E-state index in [2.05, 4.69) is 274 Å². The molecule has 0 atom stereocenters. The lowest BCUT2D eigenvalue weighted by Crippen LogP contribution is -1.99. The normalized spacial score (nSPS) is 11.3. The van der Waals surface area contributed by atoms with Gasteiger partial charge >= 0.3 is 0 Å². The van der Waals surface area contributed by atoms with Gasteiger partial charge in [-0.25, -0.2) is 0 Å². The number of H-pyrrole nitrogens is 1. The topological polar surface area (TPSA) is 72.7 Å². The SMILES string of the molecule is Brc1cc(-c2ccccc2)cc(-c2ccccc2)c1.[NH2-].c1ccc(-c2cc(-c3ccccc3)cc(-n3c4c(c5ccccc53)-c3ccccc3Oc3ccccc3-4)c2)cc1.c1ccc2c(c1)Oc1ccccc1-c1c-2[nH]c2ccccc12. The van der Waals surface area contributed by atoms with E-state index in [9.17, 15) is 0 Å². The lowest BCUT2D eigenvalue weighted by molar-refractivity contribution is 0.487. The van der Waals surface area contributed by atoms with Gasteiger partial charge in [0.05, 0.1) is 16.9 Å². The van der Waals surface area contributed by atoms with Crippen LogP contribution in [0.4, 0.5) is 0 Å². The monoisotopic (exact) mass is 1120 g/mol. The minimum Gasteiger partial charge on any atom is -0.693 e. The number of nitrogens with one attached hydrogen (secondary N) is 1. The van der Waals surface area contributed by atoms with Crippen molar-refractivity contribution in [3.05, 3.63) is 314 Å². The third-order valence-corrected chi connectivity index (χ3v) is 15.6. The van der Waals surface area contributed by atoms with Gasteiger partial charge in [-0.2, -0.15) is 0 Å². The summed E-state index contributed by atoms with van der Waals surface area (Å²) in [5.74, 6) is 3.53. The molecule has 0 bridgehead atoms. The van der Waals surface area contributed by atoms with Crippen molar-refractivity contribution in [1.29, 1.82) is 0 Å². The molecule has 12 aromatic carbocycles. The van der Waals surface area contributed by atoms with E-state index in [4.69, 9.17) is 9.47 Å². The van der Waals surface area contributed by atoms with E-state index in [0.717, 1.165) is 72.3 Å². The van der Waals surface area contributed by atoms with Crippen LogP contribution in [0.1, 0.15) is 0 Å². The molecule has 82 heavy (non-hydrogen) atoms.